The summed E-state index contributed by atoms with van der Waals surface area (Å²) in [6.45, 7) is 0.293. The number of para-hydroxylation sites is 3. The van der Waals surface area contributed by atoms with Gasteiger partial charge in [-0.2, -0.15) is 4.31 Å². The molecule has 1 amide bonds. The van der Waals surface area contributed by atoms with Crippen molar-refractivity contribution < 1.29 is 13.2 Å². The fraction of sp³-hybridized carbons (Fsp3) is 0.182. The molecule has 10 heteroatoms. The number of thiophene rings is 1. The van der Waals surface area contributed by atoms with Crippen molar-refractivity contribution in [3.63, 3.8) is 0 Å². The summed E-state index contributed by atoms with van der Waals surface area (Å²) >= 11 is 6.92. The largest absolute Gasteiger partial charge is 0.338 e. The fourth-order valence-electron chi connectivity index (χ4n) is 3.94. The molecule has 2 aromatic heterocycles. The minimum atomic E-state index is -3.80. The molecule has 1 aliphatic rings. The lowest BCUT2D eigenvalue weighted by atomic mass is 10.1. The van der Waals surface area contributed by atoms with E-state index >= 15 is 0 Å². The topological polar surface area (TPSA) is 95.2 Å². The SMILES string of the molecule is O=C(Nc1ccccc1-c1nc2ccccc2[nH]1)[C@H]1CCCN1S(=O)(=O)c1ccc(Cl)s1. The highest BCUT2D eigenvalue weighted by Crippen LogP contribution is 2.33. The Kier molecular flexibility index (Phi) is 5.50. The van der Waals surface area contributed by atoms with E-state index in [1.54, 1.807) is 12.1 Å². The van der Waals surface area contributed by atoms with Crippen LogP contribution < -0.4 is 5.32 Å². The maximum absolute atomic E-state index is 13.2. The Morgan fingerprint density at radius 3 is 2.69 bits per heavy atom. The van der Waals surface area contributed by atoms with Gasteiger partial charge < -0.3 is 10.3 Å². The van der Waals surface area contributed by atoms with Crippen molar-refractivity contribution in [3.05, 3.63) is 65.0 Å². The smallest absolute Gasteiger partial charge is 0.253 e. The first-order chi connectivity index (χ1) is 15.4. The number of anilines is 1. The van der Waals surface area contributed by atoms with Crippen molar-refractivity contribution in [2.75, 3.05) is 11.9 Å². The van der Waals surface area contributed by atoms with Crippen LogP contribution in [0.1, 0.15) is 12.8 Å². The summed E-state index contributed by atoms with van der Waals surface area (Å²) in [5.41, 5.74) is 3.02. The quantitative estimate of drug-likeness (QED) is 0.426. The fourth-order valence-corrected chi connectivity index (χ4v) is 7.21. The zero-order valence-corrected chi connectivity index (χ0v) is 19.2. The highest BCUT2D eigenvalue weighted by atomic mass is 35.5. The van der Waals surface area contributed by atoms with Crippen LogP contribution in [0.4, 0.5) is 5.69 Å². The molecule has 0 radical (unpaired) electrons. The van der Waals surface area contributed by atoms with E-state index in [0.29, 0.717) is 35.2 Å². The first-order valence-corrected chi connectivity index (χ1v) is 12.7. The second-order valence-corrected chi connectivity index (χ2v) is 11.3. The predicted octanol–water partition coefficient (Wildman–Crippen LogP) is 4.74. The number of aromatic amines is 1. The molecule has 0 saturated carbocycles. The number of imidazole rings is 1. The Bertz CT molecular complexity index is 1380. The van der Waals surface area contributed by atoms with Gasteiger partial charge in [0.05, 0.1) is 21.1 Å². The molecule has 1 saturated heterocycles. The number of halogens is 1. The molecule has 0 aliphatic carbocycles. The van der Waals surface area contributed by atoms with E-state index < -0.39 is 16.1 Å². The molecule has 5 rings (SSSR count). The average Bonchev–Trinajstić information content (AvgIpc) is 3.53. The van der Waals surface area contributed by atoms with Gasteiger partial charge in [-0.25, -0.2) is 13.4 Å². The monoisotopic (exact) mass is 486 g/mol. The van der Waals surface area contributed by atoms with Gasteiger partial charge in [0.15, 0.2) is 0 Å². The summed E-state index contributed by atoms with van der Waals surface area (Å²) in [4.78, 5) is 21.1. The highest BCUT2D eigenvalue weighted by molar-refractivity contribution is 7.91. The molecular weight excluding hydrogens is 468 g/mol. The van der Waals surface area contributed by atoms with Gasteiger partial charge in [-0.05, 0) is 49.2 Å². The third-order valence-electron chi connectivity index (χ3n) is 5.45. The van der Waals surface area contributed by atoms with E-state index in [-0.39, 0.29) is 10.1 Å². The van der Waals surface area contributed by atoms with Crippen molar-refractivity contribution in [3.8, 4) is 11.4 Å². The van der Waals surface area contributed by atoms with Crippen LogP contribution in [0.15, 0.2) is 64.9 Å². The molecule has 2 aromatic carbocycles. The number of rotatable bonds is 5. The van der Waals surface area contributed by atoms with E-state index in [1.807, 2.05) is 42.5 Å². The molecule has 32 heavy (non-hydrogen) atoms. The van der Waals surface area contributed by atoms with Gasteiger partial charge in [-0.1, -0.05) is 35.9 Å². The minimum Gasteiger partial charge on any atom is -0.338 e. The maximum Gasteiger partial charge on any atom is 0.253 e. The summed E-state index contributed by atoms with van der Waals surface area (Å²) in [7, 11) is -3.80. The molecule has 1 fully saturated rings. The molecule has 3 heterocycles. The molecule has 7 nitrogen and oxygen atoms in total. The summed E-state index contributed by atoms with van der Waals surface area (Å²) in [5, 5.41) is 2.93. The standard InChI is InChI=1S/C22H19ClN4O3S2/c23-19-11-12-20(31-19)32(29,30)27-13-5-10-18(27)22(28)26-15-7-2-1-6-14(15)21-24-16-8-3-4-9-17(16)25-21/h1-4,6-9,11-12,18H,5,10,13H2,(H,24,25)(H,26,28)/t18-/m1/s1. The second-order valence-electron chi connectivity index (χ2n) is 7.47. The van der Waals surface area contributed by atoms with Crippen molar-refractivity contribution in [2.45, 2.75) is 23.1 Å². The van der Waals surface area contributed by atoms with Gasteiger partial charge in [0.2, 0.25) is 5.91 Å². The molecule has 0 bridgehead atoms. The van der Waals surface area contributed by atoms with Gasteiger partial charge >= 0.3 is 0 Å². The number of nitrogens with zero attached hydrogens (tertiary/aromatic N) is 2. The zero-order chi connectivity index (χ0) is 22.3. The number of H-pyrrole nitrogens is 1. The zero-order valence-electron chi connectivity index (χ0n) is 16.8. The number of fused-ring (bicyclic) bond motifs is 1. The third-order valence-corrected chi connectivity index (χ3v) is 9.05. The van der Waals surface area contributed by atoms with E-state index in [0.717, 1.165) is 27.9 Å². The lowest BCUT2D eigenvalue weighted by Crippen LogP contribution is -2.42. The van der Waals surface area contributed by atoms with E-state index in [4.69, 9.17) is 11.6 Å². The van der Waals surface area contributed by atoms with Crippen LogP contribution in [0.25, 0.3) is 22.4 Å². The lowest BCUT2D eigenvalue weighted by Gasteiger charge is -2.23. The second kappa shape index (κ2) is 8.32. The molecule has 164 valence electrons. The van der Waals surface area contributed by atoms with Crippen LogP contribution in [-0.2, 0) is 14.8 Å². The van der Waals surface area contributed by atoms with Crippen LogP contribution in [0.3, 0.4) is 0 Å². The van der Waals surface area contributed by atoms with Crippen LogP contribution >= 0.6 is 22.9 Å². The number of amides is 1. The molecule has 0 spiro atoms. The first-order valence-electron chi connectivity index (χ1n) is 10.1. The number of benzene rings is 2. The summed E-state index contributed by atoms with van der Waals surface area (Å²) < 4.78 is 28.0. The molecule has 2 N–H and O–H groups in total. The van der Waals surface area contributed by atoms with E-state index in [1.165, 1.54) is 10.4 Å². The van der Waals surface area contributed by atoms with Crippen molar-refractivity contribution in [2.24, 2.45) is 0 Å². The molecule has 1 aliphatic heterocycles. The Balaban J connectivity index is 1.43. The summed E-state index contributed by atoms with van der Waals surface area (Å²) in [6, 6.07) is 17.3. The first kappa shape index (κ1) is 21.1. The van der Waals surface area contributed by atoms with Gasteiger partial charge in [0.1, 0.15) is 16.1 Å². The van der Waals surface area contributed by atoms with Crippen LogP contribution in [-0.4, -0.2) is 41.2 Å². The molecule has 0 unspecified atom stereocenters. The minimum absolute atomic E-state index is 0.143. The number of carbonyl (C=O) groups is 1. The van der Waals surface area contributed by atoms with Crippen LogP contribution in [0, 0.1) is 0 Å². The number of aromatic nitrogens is 2. The highest BCUT2D eigenvalue weighted by Gasteiger charge is 2.40. The average molecular weight is 487 g/mol. The van der Waals surface area contributed by atoms with Gasteiger partial charge in [0.25, 0.3) is 10.0 Å². The van der Waals surface area contributed by atoms with E-state index in [2.05, 4.69) is 15.3 Å². The number of carbonyl (C=O) groups excluding carboxylic acids is 1. The van der Waals surface area contributed by atoms with Crippen LogP contribution in [0.2, 0.25) is 4.34 Å². The third kappa shape index (κ3) is 3.81. The summed E-state index contributed by atoms with van der Waals surface area (Å²) in [5.74, 6) is 0.267. The maximum atomic E-state index is 13.2. The molecular formula is C22H19ClN4O3S2. The number of sulfonamides is 1. The normalized spacial score (nSPS) is 17.1. The van der Waals surface area contributed by atoms with Gasteiger partial charge in [-0.15, -0.1) is 11.3 Å². The Labute approximate surface area is 194 Å². The lowest BCUT2D eigenvalue weighted by molar-refractivity contribution is -0.119. The Morgan fingerprint density at radius 1 is 1.12 bits per heavy atom. The summed E-state index contributed by atoms with van der Waals surface area (Å²) in [6.07, 6.45) is 1.07. The van der Waals surface area contributed by atoms with Crippen molar-refractivity contribution >= 4 is 55.6 Å². The number of hydrogen-bond donors (Lipinski definition) is 2. The van der Waals surface area contributed by atoms with E-state index in [9.17, 15) is 13.2 Å². The number of hydrogen-bond acceptors (Lipinski definition) is 5. The predicted molar refractivity (Wildman–Crippen MR) is 126 cm³/mol. The van der Waals surface area contributed by atoms with Crippen molar-refractivity contribution in [1.29, 1.82) is 0 Å². The molecule has 4 aromatic rings. The van der Waals surface area contributed by atoms with Crippen LogP contribution in [0.5, 0.6) is 0 Å². The van der Waals surface area contributed by atoms with Gasteiger partial charge in [-0.3, -0.25) is 4.79 Å². The number of nitrogens with one attached hydrogen (secondary N) is 2. The van der Waals surface area contributed by atoms with Gasteiger partial charge in [0, 0.05) is 12.1 Å². The molecule has 1 atom stereocenters. The van der Waals surface area contributed by atoms with Crippen molar-refractivity contribution in [1.82, 2.24) is 14.3 Å². The Morgan fingerprint density at radius 2 is 1.91 bits per heavy atom. The Hall–Kier alpha value is -2.72.